The molecule has 3 N–H and O–H groups in total. The third-order valence-electron chi connectivity index (χ3n) is 5.51. The van der Waals surface area contributed by atoms with Crippen molar-refractivity contribution >= 4 is 18.3 Å². The first-order valence-electron chi connectivity index (χ1n) is 10.1. The van der Waals surface area contributed by atoms with E-state index in [0.717, 1.165) is 37.1 Å². The number of ether oxygens (including phenoxy) is 1. The predicted octanol–water partition coefficient (Wildman–Crippen LogP) is 2.85. The van der Waals surface area contributed by atoms with Crippen molar-refractivity contribution in [2.75, 3.05) is 13.7 Å². The van der Waals surface area contributed by atoms with Crippen LogP contribution in [-0.2, 0) is 20.5 Å². The summed E-state index contributed by atoms with van der Waals surface area (Å²) in [5.41, 5.74) is -0.660. The molecule has 0 heterocycles. The van der Waals surface area contributed by atoms with Crippen LogP contribution in [0.4, 0.5) is 13.2 Å². The van der Waals surface area contributed by atoms with Crippen LogP contribution in [-0.4, -0.2) is 49.2 Å². The first-order valence-corrected chi connectivity index (χ1v) is 10.1. The maximum atomic E-state index is 12.7. The van der Waals surface area contributed by atoms with Crippen molar-refractivity contribution in [2.45, 2.75) is 50.4 Å². The largest absolute Gasteiger partial charge is 0.483 e. The fraction of sp³-hybridized carbons (Fsp3) is 0.571. The van der Waals surface area contributed by atoms with Crippen LogP contribution in [0.1, 0.15) is 48.0 Å². The van der Waals surface area contributed by atoms with Crippen LogP contribution in [0.25, 0.3) is 0 Å². The zero-order valence-corrected chi connectivity index (χ0v) is 17.2. The predicted molar refractivity (Wildman–Crippen MR) is 105 cm³/mol. The van der Waals surface area contributed by atoms with E-state index in [1.165, 1.54) is 0 Å². The molecule has 31 heavy (non-hydrogen) atoms. The highest BCUT2D eigenvalue weighted by molar-refractivity contribution is 5.94. The Bertz CT molecular complexity index is 750. The SMILES string of the molecule is CO[C@@H]1CC[C@H](C(=O)NCC2CC2)C[C@H]1NC(=O)c1ccc(C(F)(F)F)cc1.O=CO. The number of nitrogens with one attached hydrogen (secondary N) is 2. The maximum Gasteiger partial charge on any atom is 0.416 e. The summed E-state index contributed by atoms with van der Waals surface area (Å²) < 4.78 is 43.5. The van der Waals surface area contributed by atoms with Gasteiger partial charge in [-0.3, -0.25) is 14.4 Å². The molecular formula is C21H27F3N2O5. The number of alkyl halides is 3. The van der Waals surface area contributed by atoms with Crippen LogP contribution in [0, 0.1) is 11.8 Å². The number of carbonyl (C=O) groups excluding carboxylic acids is 2. The second kappa shape index (κ2) is 11.1. The van der Waals surface area contributed by atoms with Gasteiger partial charge in [-0.2, -0.15) is 13.2 Å². The minimum absolute atomic E-state index is 0.00441. The van der Waals surface area contributed by atoms with Crippen LogP contribution < -0.4 is 10.6 Å². The first-order chi connectivity index (χ1) is 14.7. The molecule has 2 aliphatic carbocycles. The topological polar surface area (TPSA) is 105 Å². The van der Waals surface area contributed by atoms with Crippen LogP contribution in [0.2, 0.25) is 0 Å². The molecule has 0 saturated heterocycles. The Labute approximate surface area is 178 Å². The van der Waals surface area contributed by atoms with E-state index >= 15 is 0 Å². The second-order valence-corrected chi connectivity index (χ2v) is 7.73. The fourth-order valence-corrected chi connectivity index (χ4v) is 3.59. The molecule has 2 aliphatic rings. The van der Waals surface area contributed by atoms with Gasteiger partial charge in [-0.15, -0.1) is 0 Å². The molecule has 0 radical (unpaired) electrons. The molecule has 2 fully saturated rings. The van der Waals surface area contributed by atoms with E-state index in [4.69, 9.17) is 14.6 Å². The van der Waals surface area contributed by atoms with E-state index in [2.05, 4.69) is 10.6 Å². The van der Waals surface area contributed by atoms with Crippen molar-refractivity contribution in [3.8, 4) is 0 Å². The molecule has 0 aliphatic heterocycles. The summed E-state index contributed by atoms with van der Waals surface area (Å²) in [5, 5.41) is 12.7. The Morgan fingerprint density at radius 1 is 1.16 bits per heavy atom. The molecule has 0 bridgehead atoms. The van der Waals surface area contributed by atoms with Crippen LogP contribution in [0.15, 0.2) is 24.3 Å². The number of methoxy groups -OCH3 is 1. The lowest BCUT2D eigenvalue weighted by Crippen LogP contribution is -2.50. The zero-order valence-electron chi connectivity index (χ0n) is 17.2. The van der Waals surface area contributed by atoms with E-state index < -0.39 is 17.6 Å². The van der Waals surface area contributed by atoms with Gasteiger partial charge in [0.05, 0.1) is 17.7 Å². The molecule has 3 rings (SSSR count). The first kappa shape index (κ1) is 24.6. The standard InChI is InChI=1S/C20H25F3N2O3.CH2O2/c1-28-17-9-6-14(18(26)24-11-12-2-3-12)10-16(17)25-19(27)13-4-7-15(8-5-13)20(21,22)23;2-1-3/h4-5,7-8,12,14,16-17H,2-3,6,9-11H2,1H3,(H,24,26)(H,25,27);1H,(H,2,3)/t14-,16+,17+;/m0./s1. The van der Waals surface area contributed by atoms with Crippen molar-refractivity contribution in [1.82, 2.24) is 10.6 Å². The highest BCUT2D eigenvalue weighted by Crippen LogP contribution is 2.31. The minimum Gasteiger partial charge on any atom is -0.483 e. The Kier molecular flexibility index (Phi) is 8.85. The van der Waals surface area contributed by atoms with Gasteiger partial charge in [-0.25, -0.2) is 0 Å². The number of carbonyl (C=O) groups is 3. The molecule has 7 nitrogen and oxygen atoms in total. The zero-order chi connectivity index (χ0) is 23.0. The molecule has 1 aromatic carbocycles. The van der Waals surface area contributed by atoms with Crippen LogP contribution >= 0.6 is 0 Å². The van der Waals surface area contributed by atoms with Gasteiger partial charge in [0.15, 0.2) is 0 Å². The van der Waals surface area contributed by atoms with Gasteiger partial charge in [-0.1, -0.05) is 0 Å². The van der Waals surface area contributed by atoms with Gasteiger partial charge >= 0.3 is 6.18 Å². The molecule has 172 valence electrons. The number of halogens is 3. The normalized spacial score (nSPS) is 23.2. The summed E-state index contributed by atoms with van der Waals surface area (Å²) in [7, 11) is 1.55. The van der Waals surface area contributed by atoms with Crippen LogP contribution in [0.5, 0.6) is 0 Å². The third-order valence-corrected chi connectivity index (χ3v) is 5.51. The van der Waals surface area contributed by atoms with Crippen LogP contribution in [0.3, 0.4) is 0 Å². The lowest BCUT2D eigenvalue weighted by atomic mass is 9.83. The lowest BCUT2D eigenvalue weighted by molar-refractivity contribution is -0.137. The van der Waals surface area contributed by atoms with Gasteiger partial charge in [0.2, 0.25) is 5.91 Å². The number of hydrogen-bond donors (Lipinski definition) is 3. The monoisotopic (exact) mass is 444 g/mol. The van der Waals surface area contributed by atoms with Gasteiger partial charge in [0.25, 0.3) is 12.4 Å². The van der Waals surface area contributed by atoms with Crippen molar-refractivity contribution < 1.29 is 37.4 Å². The van der Waals surface area contributed by atoms with Crippen molar-refractivity contribution in [2.24, 2.45) is 11.8 Å². The summed E-state index contributed by atoms with van der Waals surface area (Å²) in [4.78, 5) is 33.2. The molecule has 2 saturated carbocycles. The summed E-state index contributed by atoms with van der Waals surface area (Å²) in [5.74, 6) is -0.0902. The number of carboxylic acid groups (broad SMARTS) is 1. The number of amides is 2. The molecule has 0 unspecified atom stereocenters. The lowest BCUT2D eigenvalue weighted by Gasteiger charge is -2.35. The van der Waals surface area contributed by atoms with E-state index in [1.54, 1.807) is 7.11 Å². The molecule has 2 amide bonds. The maximum absolute atomic E-state index is 12.7. The average Bonchev–Trinajstić information content (AvgIpc) is 3.56. The molecular weight excluding hydrogens is 417 g/mol. The van der Waals surface area contributed by atoms with Crippen molar-refractivity contribution in [3.63, 3.8) is 0 Å². The fourth-order valence-electron chi connectivity index (χ4n) is 3.59. The van der Waals surface area contributed by atoms with Gasteiger partial charge in [-0.05, 0) is 62.3 Å². The summed E-state index contributed by atoms with van der Waals surface area (Å²) in [6.45, 7) is 0.450. The van der Waals surface area contributed by atoms with E-state index in [9.17, 15) is 22.8 Å². The number of hydrogen-bond acceptors (Lipinski definition) is 4. The highest BCUT2D eigenvalue weighted by Gasteiger charge is 2.36. The van der Waals surface area contributed by atoms with Gasteiger partial charge in [0, 0.05) is 25.1 Å². The Morgan fingerprint density at radius 3 is 2.29 bits per heavy atom. The average molecular weight is 444 g/mol. The number of benzene rings is 1. The quantitative estimate of drug-likeness (QED) is 0.586. The van der Waals surface area contributed by atoms with Crippen molar-refractivity contribution in [3.05, 3.63) is 35.4 Å². The Hall–Kier alpha value is -2.62. The molecule has 3 atom stereocenters. The van der Waals surface area contributed by atoms with Gasteiger partial charge in [0.1, 0.15) is 0 Å². The Balaban J connectivity index is 0.00000107. The minimum atomic E-state index is -4.44. The Morgan fingerprint density at radius 2 is 1.77 bits per heavy atom. The molecule has 10 heteroatoms. The van der Waals surface area contributed by atoms with Gasteiger partial charge < -0.3 is 20.5 Å². The number of rotatable bonds is 6. The molecule has 1 aromatic rings. The smallest absolute Gasteiger partial charge is 0.416 e. The second-order valence-electron chi connectivity index (χ2n) is 7.73. The molecule has 0 aromatic heterocycles. The van der Waals surface area contributed by atoms with E-state index in [0.29, 0.717) is 31.7 Å². The van der Waals surface area contributed by atoms with E-state index in [-0.39, 0.29) is 36.0 Å². The van der Waals surface area contributed by atoms with E-state index in [1.807, 2.05) is 0 Å². The molecule has 0 spiro atoms. The van der Waals surface area contributed by atoms with Crippen molar-refractivity contribution in [1.29, 1.82) is 0 Å². The summed E-state index contributed by atoms with van der Waals surface area (Å²) >= 11 is 0. The summed E-state index contributed by atoms with van der Waals surface area (Å²) in [6.07, 6.45) is -0.601. The third kappa shape index (κ3) is 7.54. The highest BCUT2D eigenvalue weighted by atomic mass is 19.4. The summed E-state index contributed by atoms with van der Waals surface area (Å²) in [6, 6.07) is 3.71.